The number of carbonyl (C=O) groups excluding carboxylic acids is 1. The maximum Gasteiger partial charge on any atom is 0.138 e. The minimum atomic E-state index is 0.210. The standard InChI is InChI=1S/C14H27NO/c1-10(2)14(16)13-7-5-6-12(8-13)9-15-11(3)4/h10-13,15H,5-9H2,1-4H3. The number of ketones is 1. The lowest BCUT2D eigenvalue weighted by molar-refractivity contribution is -0.127. The van der Waals surface area contributed by atoms with Gasteiger partial charge in [0, 0.05) is 17.9 Å². The van der Waals surface area contributed by atoms with Crippen LogP contribution < -0.4 is 5.32 Å². The summed E-state index contributed by atoms with van der Waals surface area (Å²) in [5, 5.41) is 3.49. The fraction of sp³-hybridized carbons (Fsp3) is 0.929. The minimum Gasteiger partial charge on any atom is -0.314 e. The van der Waals surface area contributed by atoms with E-state index in [4.69, 9.17) is 0 Å². The van der Waals surface area contributed by atoms with E-state index in [0.29, 0.717) is 23.7 Å². The van der Waals surface area contributed by atoms with E-state index in [1.165, 1.54) is 12.8 Å². The zero-order valence-corrected chi connectivity index (χ0v) is 11.3. The molecule has 1 N–H and O–H groups in total. The molecule has 0 aromatic heterocycles. The van der Waals surface area contributed by atoms with Crippen molar-refractivity contribution in [2.75, 3.05) is 6.54 Å². The molecule has 0 aromatic rings. The average molecular weight is 225 g/mol. The van der Waals surface area contributed by atoms with Gasteiger partial charge >= 0.3 is 0 Å². The molecule has 0 saturated heterocycles. The largest absolute Gasteiger partial charge is 0.314 e. The zero-order valence-electron chi connectivity index (χ0n) is 11.3. The van der Waals surface area contributed by atoms with Gasteiger partial charge in [-0.25, -0.2) is 0 Å². The summed E-state index contributed by atoms with van der Waals surface area (Å²) in [6.45, 7) is 9.50. The van der Waals surface area contributed by atoms with E-state index in [1.54, 1.807) is 0 Å². The molecule has 2 heteroatoms. The molecule has 0 radical (unpaired) electrons. The molecule has 0 bridgehead atoms. The van der Waals surface area contributed by atoms with Crippen LogP contribution >= 0.6 is 0 Å². The molecule has 1 rings (SSSR count). The third-order valence-electron chi connectivity index (χ3n) is 3.57. The van der Waals surface area contributed by atoms with Gasteiger partial charge in [0.1, 0.15) is 5.78 Å². The zero-order chi connectivity index (χ0) is 12.1. The molecule has 2 atom stereocenters. The summed E-state index contributed by atoms with van der Waals surface area (Å²) in [5.41, 5.74) is 0. The molecular weight excluding hydrogens is 198 g/mol. The Morgan fingerprint density at radius 2 is 1.94 bits per heavy atom. The van der Waals surface area contributed by atoms with Crippen LogP contribution in [0.1, 0.15) is 53.4 Å². The summed E-state index contributed by atoms with van der Waals surface area (Å²) in [6, 6.07) is 0.557. The molecule has 0 heterocycles. The summed E-state index contributed by atoms with van der Waals surface area (Å²) in [6.07, 6.45) is 4.75. The van der Waals surface area contributed by atoms with Crippen LogP contribution in [-0.2, 0) is 4.79 Å². The third-order valence-corrected chi connectivity index (χ3v) is 3.57. The molecule has 1 aliphatic carbocycles. The van der Waals surface area contributed by atoms with Crippen molar-refractivity contribution in [3.63, 3.8) is 0 Å². The Morgan fingerprint density at radius 1 is 1.25 bits per heavy atom. The van der Waals surface area contributed by atoms with Gasteiger partial charge in [-0.2, -0.15) is 0 Å². The average Bonchev–Trinajstić information content (AvgIpc) is 2.25. The van der Waals surface area contributed by atoms with Crippen LogP contribution in [0.4, 0.5) is 0 Å². The van der Waals surface area contributed by atoms with E-state index in [2.05, 4.69) is 19.2 Å². The van der Waals surface area contributed by atoms with Gasteiger partial charge in [0.2, 0.25) is 0 Å². The predicted octanol–water partition coefficient (Wildman–Crippen LogP) is 3.02. The highest BCUT2D eigenvalue weighted by Crippen LogP contribution is 2.30. The Morgan fingerprint density at radius 3 is 2.50 bits per heavy atom. The summed E-state index contributed by atoms with van der Waals surface area (Å²) in [7, 11) is 0. The first-order chi connectivity index (χ1) is 7.50. The van der Waals surface area contributed by atoms with Crippen LogP contribution in [0.15, 0.2) is 0 Å². The Bertz CT molecular complexity index is 223. The molecule has 16 heavy (non-hydrogen) atoms. The van der Waals surface area contributed by atoms with Gasteiger partial charge in [0.05, 0.1) is 0 Å². The van der Waals surface area contributed by atoms with Crippen molar-refractivity contribution in [2.24, 2.45) is 17.8 Å². The van der Waals surface area contributed by atoms with Crippen molar-refractivity contribution in [3.05, 3.63) is 0 Å². The highest BCUT2D eigenvalue weighted by Gasteiger charge is 2.28. The molecule has 94 valence electrons. The third kappa shape index (κ3) is 4.25. The van der Waals surface area contributed by atoms with Crippen molar-refractivity contribution in [2.45, 2.75) is 59.4 Å². The number of rotatable bonds is 5. The van der Waals surface area contributed by atoms with Gasteiger partial charge in [-0.1, -0.05) is 34.1 Å². The van der Waals surface area contributed by atoms with Crippen molar-refractivity contribution in [3.8, 4) is 0 Å². The Balaban J connectivity index is 2.38. The summed E-state index contributed by atoms with van der Waals surface area (Å²) in [5.74, 6) is 1.74. The first-order valence-electron chi connectivity index (χ1n) is 6.77. The number of carbonyl (C=O) groups is 1. The fourth-order valence-electron chi connectivity index (χ4n) is 2.61. The van der Waals surface area contributed by atoms with Crippen LogP contribution in [0.3, 0.4) is 0 Å². The minimum absolute atomic E-state index is 0.210. The van der Waals surface area contributed by atoms with Crippen molar-refractivity contribution < 1.29 is 4.79 Å². The molecule has 1 aliphatic rings. The van der Waals surface area contributed by atoms with E-state index in [0.717, 1.165) is 19.4 Å². The van der Waals surface area contributed by atoms with E-state index in [-0.39, 0.29) is 5.92 Å². The van der Waals surface area contributed by atoms with Gasteiger partial charge in [0.15, 0.2) is 0 Å². The maximum absolute atomic E-state index is 12.0. The monoisotopic (exact) mass is 225 g/mol. The molecule has 0 spiro atoms. The fourth-order valence-corrected chi connectivity index (χ4v) is 2.61. The van der Waals surface area contributed by atoms with Crippen LogP contribution in [0.25, 0.3) is 0 Å². The molecule has 1 fully saturated rings. The normalized spacial score (nSPS) is 26.4. The van der Waals surface area contributed by atoms with Crippen LogP contribution in [0.5, 0.6) is 0 Å². The van der Waals surface area contributed by atoms with Crippen LogP contribution in [-0.4, -0.2) is 18.4 Å². The lowest BCUT2D eigenvalue weighted by Gasteiger charge is -2.30. The number of hydrogen-bond donors (Lipinski definition) is 1. The topological polar surface area (TPSA) is 29.1 Å². The van der Waals surface area contributed by atoms with Crippen molar-refractivity contribution >= 4 is 5.78 Å². The van der Waals surface area contributed by atoms with E-state index in [9.17, 15) is 4.79 Å². The molecular formula is C14H27NO. The van der Waals surface area contributed by atoms with Gasteiger partial charge in [-0.05, 0) is 31.7 Å². The van der Waals surface area contributed by atoms with Gasteiger partial charge in [0.25, 0.3) is 0 Å². The second-order valence-corrected chi connectivity index (χ2v) is 5.85. The highest BCUT2D eigenvalue weighted by molar-refractivity contribution is 5.82. The van der Waals surface area contributed by atoms with Gasteiger partial charge in [-0.3, -0.25) is 4.79 Å². The molecule has 0 amide bonds. The van der Waals surface area contributed by atoms with Crippen molar-refractivity contribution in [1.82, 2.24) is 5.32 Å². The molecule has 0 aromatic carbocycles. The van der Waals surface area contributed by atoms with Crippen LogP contribution in [0, 0.1) is 17.8 Å². The summed E-state index contributed by atoms with van der Waals surface area (Å²) in [4.78, 5) is 12.0. The van der Waals surface area contributed by atoms with Gasteiger partial charge < -0.3 is 5.32 Å². The van der Waals surface area contributed by atoms with E-state index in [1.807, 2.05) is 13.8 Å². The lowest BCUT2D eigenvalue weighted by atomic mass is 9.77. The second kappa shape index (κ2) is 6.39. The van der Waals surface area contributed by atoms with Gasteiger partial charge in [-0.15, -0.1) is 0 Å². The van der Waals surface area contributed by atoms with Crippen LogP contribution in [0.2, 0.25) is 0 Å². The van der Waals surface area contributed by atoms with E-state index < -0.39 is 0 Å². The smallest absolute Gasteiger partial charge is 0.138 e. The highest BCUT2D eigenvalue weighted by atomic mass is 16.1. The SMILES string of the molecule is CC(C)NCC1CCCC(C(=O)C(C)C)C1. The number of hydrogen-bond acceptors (Lipinski definition) is 2. The summed E-state index contributed by atoms with van der Waals surface area (Å²) < 4.78 is 0. The molecule has 1 saturated carbocycles. The Hall–Kier alpha value is -0.370. The first-order valence-corrected chi connectivity index (χ1v) is 6.77. The maximum atomic E-state index is 12.0. The molecule has 2 unspecified atom stereocenters. The lowest BCUT2D eigenvalue weighted by Crippen LogP contribution is -2.34. The van der Waals surface area contributed by atoms with E-state index >= 15 is 0 Å². The second-order valence-electron chi connectivity index (χ2n) is 5.85. The van der Waals surface area contributed by atoms with Crippen molar-refractivity contribution in [1.29, 1.82) is 0 Å². The molecule has 0 aliphatic heterocycles. The summed E-state index contributed by atoms with van der Waals surface area (Å²) >= 11 is 0. The number of nitrogens with one attached hydrogen (secondary N) is 1. The Labute approximate surface area is 100 Å². The first kappa shape index (κ1) is 13.7. The molecule has 2 nitrogen and oxygen atoms in total. The predicted molar refractivity (Wildman–Crippen MR) is 68.4 cm³/mol. The Kier molecular flexibility index (Phi) is 5.47. The quantitative estimate of drug-likeness (QED) is 0.779. The number of Topliss-reactive ketones (excluding diaryl/α,β-unsaturated/α-hetero) is 1.